The summed E-state index contributed by atoms with van der Waals surface area (Å²) < 4.78 is 16.5. The lowest BCUT2D eigenvalue weighted by molar-refractivity contribution is 0.292. The minimum Gasteiger partial charge on any atom is -0.493 e. The van der Waals surface area contributed by atoms with Crippen LogP contribution in [0.3, 0.4) is 0 Å². The SMILES string of the molecule is COc1ccc(/C=C/c2ccccc2C2=N[C@@H](C(C)C)CO2)cc1OC. The van der Waals surface area contributed by atoms with E-state index < -0.39 is 0 Å². The first-order valence-electron chi connectivity index (χ1n) is 8.82. The Morgan fingerprint density at radius 2 is 1.81 bits per heavy atom. The molecule has 3 rings (SSSR count). The Kier molecular flexibility index (Phi) is 5.61. The summed E-state index contributed by atoms with van der Waals surface area (Å²) in [5, 5.41) is 0. The summed E-state index contributed by atoms with van der Waals surface area (Å²) in [7, 11) is 3.28. The van der Waals surface area contributed by atoms with E-state index in [1.54, 1.807) is 14.2 Å². The van der Waals surface area contributed by atoms with Crippen molar-refractivity contribution in [2.45, 2.75) is 19.9 Å². The van der Waals surface area contributed by atoms with E-state index in [0.717, 1.165) is 28.3 Å². The van der Waals surface area contributed by atoms with Gasteiger partial charge in [-0.15, -0.1) is 0 Å². The van der Waals surface area contributed by atoms with Crippen LogP contribution in [-0.4, -0.2) is 32.8 Å². The van der Waals surface area contributed by atoms with Gasteiger partial charge in [-0.1, -0.05) is 50.3 Å². The second-order valence-corrected chi connectivity index (χ2v) is 6.59. The van der Waals surface area contributed by atoms with Crippen molar-refractivity contribution >= 4 is 18.0 Å². The number of nitrogens with zero attached hydrogens (tertiary/aromatic N) is 1. The molecular formula is C22H25NO3. The number of aliphatic imine (C=N–C) groups is 1. The van der Waals surface area contributed by atoms with Crippen LogP contribution in [0.25, 0.3) is 12.2 Å². The molecule has 0 N–H and O–H groups in total. The Hall–Kier alpha value is -2.75. The molecule has 1 heterocycles. The Balaban J connectivity index is 1.87. The number of benzene rings is 2. The van der Waals surface area contributed by atoms with Gasteiger partial charge in [-0.3, -0.25) is 0 Å². The fourth-order valence-corrected chi connectivity index (χ4v) is 2.86. The predicted octanol–water partition coefficient (Wildman–Crippen LogP) is 4.68. The molecule has 0 unspecified atom stereocenters. The predicted molar refractivity (Wildman–Crippen MR) is 106 cm³/mol. The van der Waals surface area contributed by atoms with Gasteiger partial charge in [0.2, 0.25) is 5.90 Å². The molecule has 0 radical (unpaired) electrons. The number of hydrogen-bond acceptors (Lipinski definition) is 4. The molecule has 2 aromatic rings. The highest BCUT2D eigenvalue weighted by atomic mass is 16.5. The summed E-state index contributed by atoms with van der Waals surface area (Å²) in [6.45, 7) is 4.99. The van der Waals surface area contributed by atoms with Crippen molar-refractivity contribution in [2.24, 2.45) is 10.9 Å². The van der Waals surface area contributed by atoms with Crippen molar-refractivity contribution in [2.75, 3.05) is 20.8 Å². The van der Waals surface area contributed by atoms with Crippen LogP contribution < -0.4 is 9.47 Å². The summed E-state index contributed by atoms with van der Waals surface area (Å²) in [4.78, 5) is 4.75. The highest BCUT2D eigenvalue weighted by Crippen LogP contribution is 2.28. The first-order chi connectivity index (χ1) is 12.6. The number of methoxy groups -OCH3 is 2. The number of hydrogen-bond donors (Lipinski definition) is 0. The van der Waals surface area contributed by atoms with Crippen LogP contribution in [-0.2, 0) is 4.74 Å². The molecule has 1 aliphatic heterocycles. The van der Waals surface area contributed by atoms with Crippen molar-refractivity contribution in [3.63, 3.8) is 0 Å². The van der Waals surface area contributed by atoms with Crippen LogP contribution in [0.1, 0.15) is 30.5 Å². The first-order valence-corrected chi connectivity index (χ1v) is 8.82. The van der Waals surface area contributed by atoms with E-state index in [4.69, 9.17) is 19.2 Å². The van der Waals surface area contributed by atoms with Gasteiger partial charge in [0.15, 0.2) is 11.5 Å². The smallest absolute Gasteiger partial charge is 0.217 e. The van der Waals surface area contributed by atoms with Crippen molar-refractivity contribution in [1.82, 2.24) is 0 Å². The molecule has 1 atom stereocenters. The zero-order chi connectivity index (χ0) is 18.5. The van der Waals surface area contributed by atoms with E-state index in [2.05, 4.69) is 38.1 Å². The van der Waals surface area contributed by atoms with Gasteiger partial charge in [-0.25, -0.2) is 4.99 Å². The number of ether oxygens (including phenoxy) is 3. The summed E-state index contributed by atoms with van der Waals surface area (Å²) in [6.07, 6.45) is 4.13. The third kappa shape index (κ3) is 3.90. The Morgan fingerprint density at radius 3 is 2.50 bits per heavy atom. The summed E-state index contributed by atoms with van der Waals surface area (Å²) in [5.41, 5.74) is 3.13. The molecule has 0 bridgehead atoms. The van der Waals surface area contributed by atoms with Gasteiger partial charge in [0.1, 0.15) is 6.61 Å². The zero-order valence-corrected chi connectivity index (χ0v) is 15.7. The fraction of sp³-hybridized carbons (Fsp3) is 0.318. The topological polar surface area (TPSA) is 40.0 Å². The van der Waals surface area contributed by atoms with E-state index >= 15 is 0 Å². The monoisotopic (exact) mass is 351 g/mol. The van der Waals surface area contributed by atoms with Gasteiger partial charge in [-0.05, 0) is 35.2 Å². The van der Waals surface area contributed by atoms with Gasteiger partial charge < -0.3 is 14.2 Å². The molecular weight excluding hydrogens is 326 g/mol. The van der Waals surface area contributed by atoms with E-state index in [1.165, 1.54) is 0 Å². The van der Waals surface area contributed by atoms with Crippen LogP contribution in [0.4, 0.5) is 0 Å². The lowest BCUT2D eigenvalue weighted by atomic mass is 10.0. The molecule has 2 aromatic carbocycles. The molecule has 0 saturated heterocycles. The lowest BCUT2D eigenvalue weighted by Gasteiger charge is -2.08. The van der Waals surface area contributed by atoms with E-state index in [-0.39, 0.29) is 6.04 Å². The molecule has 0 saturated carbocycles. The van der Waals surface area contributed by atoms with Crippen LogP contribution >= 0.6 is 0 Å². The number of rotatable bonds is 6. The normalized spacial score (nSPS) is 16.7. The van der Waals surface area contributed by atoms with Gasteiger partial charge in [0, 0.05) is 5.56 Å². The highest BCUT2D eigenvalue weighted by molar-refractivity contribution is 5.99. The van der Waals surface area contributed by atoms with E-state index in [0.29, 0.717) is 18.3 Å². The fourth-order valence-electron chi connectivity index (χ4n) is 2.86. The van der Waals surface area contributed by atoms with Crippen molar-refractivity contribution < 1.29 is 14.2 Å². The van der Waals surface area contributed by atoms with Crippen LogP contribution in [0.5, 0.6) is 11.5 Å². The average molecular weight is 351 g/mol. The third-order valence-corrected chi connectivity index (χ3v) is 4.50. The maximum atomic E-state index is 5.85. The van der Waals surface area contributed by atoms with Gasteiger partial charge in [0.25, 0.3) is 0 Å². The highest BCUT2D eigenvalue weighted by Gasteiger charge is 2.23. The second-order valence-electron chi connectivity index (χ2n) is 6.59. The Bertz CT molecular complexity index is 824. The summed E-state index contributed by atoms with van der Waals surface area (Å²) >= 11 is 0. The molecule has 1 aliphatic rings. The zero-order valence-electron chi connectivity index (χ0n) is 15.7. The molecule has 0 spiro atoms. The largest absolute Gasteiger partial charge is 0.493 e. The molecule has 0 aliphatic carbocycles. The van der Waals surface area contributed by atoms with Crippen LogP contribution in [0.15, 0.2) is 47.5 Å². The van der Waals surface area contributed by atoms with E-state index in [9.17, 15) is 0 Å². The Labute approximate surface area is 155 Å². The van der Waals surface area contributed by atoms with Crippen LogP contribution in [0, 0.1) is 5.92 Å². The molecule has 4 nitrogen and oxygen atoms in total. The summed E-state index contributed by atoms with van der Waals surface area (Å²) in [6, 6.07) is 14.2. The van der Waals surface area contributed by atoms with Crippen molar-refractivity contribution in [3.8, 4) is 11.5 Å². The molecule has 4 heteroatoms. The molecule has 0 aromatic heterocycles. The maximum Gasteiger partial charge on any atom is 0.217 e. The quantitative estimate of drug-likeness (QED) is 0.710. The molecule has 26 heavy (non-hydrogen) atoms. The van der Waals surface area contributed by atoms with Crippen LogP contribution in [0.2, 0.25) is 0 Å². The standard InChI is InChI=1S/C22H25NO3/c1-15(2)19-14-26-22(23-19)18-8-6-5-7-17(18)11-9-16-10-12-20(24-3)21(13-16)25-4/h5-13,15,19H,14H2,1-4H3/b11-9+/t19-/m1/s1. The molecule has 136 valence electrons. The maximum absolute atomic E-state index is 5.85. The minimum absolute atomic E-state index is 0.230. The average Bonchev–Trinajstić information content (AvgIpc) is 3.16. The Morgan fingerprint density at radius 1 is 1.04 bits per heavy atom. The lowest BCUT2D eigenvalue weighted by Crippen LogP contribution is -2.13. The van der Waals surface area contributed by atoms with Gasteiger partial charge >= 0.3 is 0 Å². The minimum atomic E-state index is 0.230. The molecule has 0 amide bonds. The molecule has 0 fully saturated rings. The second kappa shape index (κ2) is 8.09. The van der Waals surface area contributed by atoms with Gasteiger partial charge in [0.05, 0.1) is 20.3 Å². The van der Waals surface area contributed by atoms with Crippen molar-refractivity contribution in [1.29, 1.82) is 0 Å². The van der Waals surface area contributed by atoms with Gasteiger partial charge in [-0.2, -0.15) is 0 Å². The third-order valence-electron chi connectivity index (χ3n) is 4.50. The summed E-state index contributed by atoms with van der Waals surface area (Å²) in [5.74, 6) is 2.64. The first kappa shape index (κ1) is 18.1. The van der Waals surface area contributed by atoms with E-state index in [1.807, 2.05) is 30.3 Å². The van der Waals surface area contributed by atoms with Crippen molar-refractivity contribution in [3.05, 3.63) is 59.2 Å².